The standard InChI is InChI=1S/C33H29F4N3O/c1-20(2)17-38-39-32-28-15-22(26-10-6-11-27-25-9-4-3-7-21(25)16-29(26)27)13-14-23(28)18-40(32)19-24-8-5-12-30(31(24)34)41-33(35,36)37/h3-15,18,20,38-39H,16-17,19H2,1-2H3. The van der Waals surface area contributed by atoms with Crippen molar-refractivity contribution in [3.8, 4) is 28.0 Å². The Balaban J connectivity index is 1.41. The van der Waals surface area contributed by atoms with Gasteiger partial charge in [0.15, 0.2) is 11.6 Å². The SMILES string of the molecule is CC(C)CNNc1c2cc(-c3cccc4c3Cc3ccccc3-4)ccc2cn1Cc1cccc(OC(F)(F)F)c1F. The van der Waals surface area contributed by atoms with Gasteiger partial charge >= 0.3 is 6.36 Å². The number of rotatable bonds is 8. The Labute approximate surface area is 235 Å². The summed E-state index contributed by atoms with van der Waals surface area (Å²) in [6.45, 7) is 4.85. The van der Waals surface area contributed by atoms with Gasteiger partial charge in [-0.15, -0.1) is 13.2 Å². The molecule has 0 amide bonds. The highest BCUT2D eigenvalue weighted by molar-refractivity contribution is 5.97. The summed E-state index contributed by atoms with van der Waals surface area (Å²) in [7, 11) is 0. The lowest BCUT2D eigenvalue weighted by Crippen LogP contribution is -2.27. The quantitative estimate of drug-likeness (QED) is 0.145. The average Bonchev–Trinajstić information content (AvgIpc) is 3.47. The van der Waals surface area contributed by atoms with Gasteiger partial charge in [0.2, 0.25) is 0 Å². The number of nitrogens with one attached hydrogen (secondary N) is 2. The summed E-state index contributed by atoms with van der Waals surface area (Å²) in [5.74, 6) is -0.820. The monoisotopic (exact) mass is 559 g/mol. The van der Waals surface area contributed by atoms with Gasteiger partial charge in [-0.3, -0.25) is 0 Å². The number of nitrogens with zero attached hydrogens (tertiary/aromatic N) is 1. The van der Waals surface area contributed by atoms with Gasteiger partial charge in [0, 0.05) is 29.1 Å². The second-order valence-electron chi connectivity index (χ2n) is 10.8. The maximum absolute atomic E-state index is 15.1. The number of alkyl halides is 3. The van der Waals surface area contributed by atoms with Crippen molar-refractivity contribution in [1.82, 2.24) is 9.99 Å². The molecule has 0 unspecified atom stereocenters. The van der Waals surface area contributed by atoms with Crippen LogP contribution in [0.2, 0.25) is 0 Å². The zero-order valence-corrected chi connectivity index (χ0v) is 22.6. The molecule has 0 saturated heterocycles. The molecule has 0 aliphatic heterocycles. The summed E-state index contributed by atoms with van der Waals surface area (Å²) < 4.78 is 59.2. The predicted octanol–water partition coefficient (Wildman–Crippen LogP) is 8.54. The lowest BCUT2D eigenvalue weighted by molar-refractivity contribution is -0.275. The van der Waals surface area contributed by atoms with Crippen LogP contribution in [0.5, 0.6) is 5.75 Å². The molecule has 210 valence electrons. The predicted molar refractivity (Wildman–Crippen MR) is 154 cm³/mol. The minimum atomic E-state index is -4.98. The molecule has 1 aliphatic carbocycles. The first-order valence-corrected chi connectivity index (χ1v) is 13.5. The van der Waals surface area contributed by atoms with E-state index in [0.29, 0.717) is 18.3 Å². The van der Waals surface area contributed by atoms with Gasteiger partial charge in [0.25, 0.3) is 0 Å². The van der Waals surface area contributed by atoms with E-state index in [2.05, 4.69) is 84.0 Å². The lowest BCUT2D eigenvalue weighted by Gasteiger charge is -2.16. The molecule has 4 aromatic carbocycles. The molecular formula is C33H29F4N3O. The topological polar surface area (TPSA) is 38.2 Å². The molecule has 1 aromatic heterocycles. The van der Waals surface area contributed by atoms with Crippen molar-refractivity contribution in [2.45, 2.75) is 33.2 Å². The van der Waals surface area contributed by atoms with Gasteiger partial charge in [0.1, 0.15) is 5.82 Å². The van der Waals surface area contributed by atoms with Gasteiger partial charge in [-0.25, -0.2) is 9.82 Å². The fraction of sp³-hybridized carbons (Fsp3) is 0.212. The van der Waals surface area contributed by atoms with E-state index in [1.807, 2.05) is 16.8 Å². The van der Waals surface area contributed by atoms with Crippen LogP contribution in [0, 0.1) is 11.7 Å². The first-order valence-electron chi connectivity index (χ1n) is 13.5. The van der Waals surface area contributed by atoms with Crippen molar-refractivity contribution in [2.75, 3.05) is 12.0 Å². The second kappa shape index (κ2) is 10.6. The number of aromatic nitrogens is 1. The third-order valence-electron chi connectivity index (χ3n) is 7.38. The van der Waals surface area contributed by atoms with Crippen LogP contribution in [-0.4, -0.2) is 17.5 Å². The molecule has 41 heavy (non-hydrogen) atoms. The zero-order chi connectivity index (χ0) is 28.7. The average molecular weight is 560 g/mol. The van der Waals surface area contributed by atoms with E-state index in [1.54, 1.807) is 0 Å². The minimum Gasteiger partial charge on any atom is -0.403 e. The number of benzene rings is 4. The Morgan fingerprint density at radius 2 is 1.66 bits per heavy atom. The molecule has 0 spiro atoms. The maximum Gasteiger partial charge on any atom is 0.573 e. The molecule has 5 aromatic rings. The molecule has 6 rings (SSSR count). The molecular weight excluding hydrogens is 530 g/mol. The Morgan fingerprint density at radius 1 is 0.902 bits per heavy atom. The number of anilines is 1. The van der Waals surface area contributed by atoms with E-state index in [1.165, 1.54) is 34.4 Å². The van der Waals surface area contributed by atoms with Crippen molar-refractivity contribution in [3.05, 3.63) is 108 Å². The third kappa shape index (κ3) is 5.39. The van der Waals surface area contributed by atoms with E-state index in [4.69, 9.17) is 0 Å². The summed E-state index contributed by atoms with van der Waals surface area (Å²) in [5.41, 5.74) is 13.9. The zero-order valence-electron chi connectivity index (χ0n) is 22.6. The molecule has 4 nitrogen and oxygen atoms in total. The Morgan fingerprint density at radius 3 is 2.46 bits per heavy atom. The van der Waals surface area contributed by atoms with Crippen LogP contribution in [0.15, 0.2) is 85.1 Å². The van der Waals surface area contributed by atoms with Crippen LogP contribution >= 0.6 is 0 Å². The van der Waals surface area contributed by atoms with E-state index in [0.717, 1.165) is 34.4 Å². The summed E-state index contributed by atoms with van der Waals surface area (Å²) in [4.78, 5) is 0. The van der Waals surface area contributed by atoms with Gasteiger partial charge in [-0.1, -0.05) is 80.6 Å². The van der Waals surface area contributed by atoms with Gasteiger partial charge in [-0.2, -0.15) is 0 Å². The number of hydrazine groups is 1. The van der Waals surface area contributed by atoms with E-state index in [-0.39, 0.29) is 12.1 Å². The van der Waals surface area contributed by atoms with Crippen molar-refractivity contribution >= 4 is 16.6 Å². The van der Waals surface area contributed by atoms with Crippen LogP contribution in [-0.2, 0) is 13.0 Å². The maximum atomic E-state index is 15.1. The number of halogens is 4. The third-order valence-corrected chi connectivity index (χ3v) is 7.38. The van der Waals surface area contributed by atoms with Crippen LogP contribution in [0.4, 0.5) is 23.4 Å². The van der Waals surface area contributed by atoms with Crippen molar-refractivity contribution in [1.29, 1.82) is 0 Å². The lowest BCUT2D eigenvalue weighted by atomic mass is 9.95. The number of hydrogen-bond donors (Lipinski definition) is 2. The normalized spacial score (nSPS) is 12.6. The Bertz CT molecular complexity index is 1740. The summed E-state index contributed by atoms with van der Waals surface area (Å²) in [5, 5.41) is 1.83. The van der Waals surface area contributed by atoms with Crippen molar-refractivity contribution in [2.24, 2.45) is 5.92 Å². The first kappa shape index (κ1) is 26.9. The van der Waals surface area contributed by atoms with Gasteiger partial charge in [0.05, 0.1) is 6.54 Å². The second-order valence-corrected chi connectivity index (χ2v) is 10.8. The van der Waals surface area contributed by atoms with E-state index in [9.17, 15) is 13.2 Å². The largest absolute Gasteiger partial charge is 0.573 e. The smallest absolute Gasteiger partial charge is 0.403 e. The fourth-order valence-electron chi connectivity index (χ4n) is 5.52. The van der Waals surface area contributed by atoms with Gasteiger partial charge in [-0.05, 0) is 57.9 Å². The van der Waals surface area contributed by atoms with Crippen LogP contribution in [0.25, 0.3) is 33.0 Å². The van der Waals surface area contributed by atoms with Crippen LogP contribution in [0.3, 0.4) is 0 Å². The molecule has 0 saturated carbocycles. The number of ether oxygens (including phenoxy) is 1. The molecule has 2 N–H and O–H groups in total. The minimum absolute atomic E-state index is 0.00659. The molecule has 0 atom stereocenters. The Kier molecular flexibility index (Phi) is 6.95. The van der Waals surface area contributed by atoms with Crippen molar-refractivity contribution in [3.63, 3.8) is 0 Å². The summed E-state index contributed by atoms with van der Waals surface area (Å²) in [6.07, 6.45) is -2.25. The van der Waals surface area contributed by atoms with Crippen molar-refractivity contribution < 1.29 is 22.3 Å². The molecule has 1 heterocycles. The molecule has 1 aliphatic rings. The number of fused-ring (bicyclic) bond motifs is 4. The molecule has 8 heteroatoms. The number of hydrogen-bond acceptors (Lipinski definition) is 3. The summed E-state index contributed by atoms with van der Waals surface area (Å²) >= 11 is 0. The molecule has 0 radical (unpaired) electrons. The Hall–Kier alpha value is -4.30. The van der Waals surface area contributed by atoms with E-state index >= 15 is 4.39 Å². The van der Waals surface area contributed by atoms with E-state index < -0.39 is 17.9 Å². The fourth-order valence-corrected chi connectivity index (χ4v) is 5.52. The van der Waals surface area contributed by atoms with Crippen LogP contribution in [0.1, 0.15) is 30.5 Å². The molecule has 0 fully saturated rings. The first-order chi connectivity index (χ1) is 19.7. The highest BCUT2D eigenvalue weighted by Crippen LogP contribution is 2.42. The highest BCUT2D eigenvalue weighted by Gasteiger charge is 2.33. The van der Waals surface area contributed by atoms with Crippen LogP contribution < -0.4 is 15.6 Å². The molecule has 0 bridgehead atoms. The van der Waals surface area contributed by atoms with Gasteiger partial charge < -0.3 is 14.7 Å². The summed E-state index contributed by atoms with van der Waals surface area (Å²) in [6, 6.07) is 24.8. The highest BCUT2D eigenvalue weighted by atomic mass is 19.4.